The van der Waals surface area contributed by atoms with Crippen molar-refractivity contribution in [2.75, 3.05) is 13.1 Å². The number of piperidine rings is 1. The molecule has 2 atom stereocenters. The van der Waals surface area contributed by atoms with Crippen molar-refractivity contribution in [1.29, 1.82) is 0 Å². The van der Waals surface area contributed by atoms with Crippen molar-refractivity contribution in [3.05, 3.63) is 39.9 Å². The van der Waals surface area contributed by atoms with E-state index in [1.54, 1.807) is 12.1 Å². The standard InChI is InChI=1S/C11H12N2O2/c14-13(15)10-3-1-8(2-4-10)11-5-9(11)6-12-7-11/h1-4,9,12H,5-7H2/t9?,11-/m0/s1. The molecule has 2 fully saturated rings. The van der Waals surface area contributed by atoms with Gasteiger partial charge in [-0.05, 0) is 24.4 Å². The minimum atomic E-state index is -0.348. The molecule has 0 bridgehead atoms. The minimum absolute atomic E-state index is 0.179. The summed E-state index contributed by atoms with van der Waals surface area (Å²) < 4.78 is 0. The van der Waals surface area contributed by atoms with Crippen molar-refractivity contribution in [1.82, 2.24) is 5.32 Å². The molecule has 0 spiro atoms. The fourth-order valence-electron chi connectivity index (χ4n) is 2.70. The average molecular weight is 204 g/mol. The summed E-state index contributed by atoms with van der Waals surface area (Å²) in [7, 11) is 0. The van der Waals surface area contributed by atoms with E-state index in [0.717, 1.165) is 19.0 Å². The number of nitro groups is 1. The molecule has 1 aromatic carbocycles. The molecular weight excluding hydrogens is 192 g/mol. The van der Waals surface area contributed by atoms with Crippen molar-refractivity contribution in [3.8, 4) is 0 Å². The van der Waals surface area contributed by atoms with E-state index in [1.807, 2.05) is 12.1 Å². The summed E-state index contributed by atoms with van der Waals surface area (Å²) in [6.45, 7) is 2.12. The zero-order valence-corrected chi connectivity index (χ0v) is 8.27. The summed E-state index contributed by atoms with van der Waals surface area (Å²) in [5, 5.41) is 13.9. The van der Waals surface area contributed by atoms with E-state index in [9.17, 15) is 10.1 Å². The van der Waals surface area contributed by atoms with Crippen LogP contribution in [-0.2, 0) is 5.41 Å². The lowest BCUT2D eigenvalue weighted by molar-refractivity contribution is -0.384. The molecule has 4 heteroatoms. The third-order valence-electron chi connectivity index (χ3n) is 3.72. The molecule has 1 aromatic rings. The second-order valence-corrected chi connectivity index (χ2v) is 4.49. The van der Waals surface area contributed by atoms with Gasteiger partial charge >= 0.3 is 0 Å². The van der Waals surface area contributed by atoms with Crippen LogP contribution in [0.1, 0.15) is 12.0 Å². The number of benzene rings is 1. The first-order valence-corrected chi connectivity index (χ1v) is 5.18. The molecule has 1 aliphatic heterocycles. The number of nitrogens with one attached hydrogen (secondary N) is 1. The summed E-state index contributed by atoms with van der Waals surface area (Å²) in [5.41, 5.74) is 1.73. The third kappa shape index (κ3) is 1.18. The zero-order chi connectivity index (χ0) is 10.5. The molecular formula is C11H12N2O2. The third-order valence-corrected chi connectivity index (χ3v) is 3.72. The maximum absolute atomic E-state index is 10.5. The second kappa shape index (κ2) is 2.79. The highest BCUT2D eigenvalue weighted by molar-refractivity contribution is 5.42. The molecule has 3 rings (SSSR count). The maximum atomic E-state index is 10.5. The molecule has 78 valence electrons. The lowest BCUT2D eigenvalue weighted by atomic mass is 9.95. The van der Waals surface area contributed by atoms with Gasteiger partial charge in [-0.2, -0.15) is 0 Å². The lowest BCUT2D eigenvalue weighted by Crippen LogP contribution is -2.19. The van der Waals surface area contributed by atoms with Gasteiger partial charge in [0.25, 0.3) is 5.69 Å². The molecule has 1 saturated carbocycles. The highest BCUT2D eigenvalue weighted by atomic mass is 16.6. The molecule has 4 nitrogen and oxygen atoms in total. The van der Waals surface area contributed by atoms with Crippen molar-refractivity contribution >= 4 is 5.69 Å². The molecule has 0 radical (unpaired) electrons. The van der Waals surface area contributed by atoms with Gasteiger partial charge in [-0.3, -0.25) is 10.1 Å². The molecule has 1 N–H and O–H groups in total. The highest BCUT2D eigenvalue weighted by Gasteiger charge is 2.57. The van der Waals surface area contributed by atoms with Crippen LogP contribution < -0.4 is 5.32 Å². The molecule has 2 aliphatic rings. The average Bonchev–Trinajstić information content (AvgIpc) is 2.82. The van der Waals surface area contributed by atoms with E-state index in [2.05, 4.69) is 5.32 Å². The Bertz CT molecular complexity index is 415. The Morgan fingerprint density at radius 1 is 1.40 bits per heavy atom. The summed E-state index contributed by atoms with van der Waals surface area (Å²) in [5.74, 6) is 0.749. The number of rotatable bonds is 2. The zero-order valence-electron chi connectivity index (χ0n) is 8.27. The Kier molecular flexibility index (Phi) is 1.65. The summed E-state index contributed by atoms with van der Waals surface area (Å²) in [6.07, 6.45) is 1.23. The molecule has 15 heavy (non-hydrogen) atoms. The van der Waals surface area contributed by atoms with Crippen LogP contribution in [0.3, 0.4) is 0 Å². The fourth-order valence-corrected chi connectivity index (χ4v) is 2.70. The molecule has 1 heterocycles. The van der Waals surface area contributed by atoms with E-state index in [4.69, 9.17) is 0 Å². The number of non-ortho nitro benzene ring substituents is 1. The van der Waals surface area contributed by atoms with Crippen molar-refractivity contribution in [2.24, 2.45) is 5.92 Å². The predicted octanol–water partition coefficient (Wildman–Crippen LogP) is 1.46. The van der Waals surface area contributed by atoms with Crippen LogP contribution >= 0.6 is 0 Å². The first kappa shape index (κ1) is 8.85. The van der Waals surface area contributed by atoms with Crippen LogP contribution in [0.15, 0.2) is 24.3 Å². The van der Waals surface area contributed by atoms with Gasteiger partial charge in [-0.25, -0.2) is 0 Å². The van der Waals surface area contributed by atoms with E-state index < -0.39 is 0 Å². The first-order valence-electron chi connectivity index (χ1n) is 5.18. The molecule has 0 amide bonds. The second-order valence-electron chi connectivity index (χ2n) is 4.49. The lowest BCUT2D eigenvalue weighted by Gasteiger charge is -2.11. The van der Waals surface area contributed by atoms with Crippen LogP contribution in [0, 0.1) is 16.0 Å². The largest absolute Gasteiger partial charge is 0.316 e. The Morgan fingerprint density at radius 2 is 2.13 bits per heavy atom. The first-order chi connectivity index (χ1) is 7.22. The molecule has 1 aliphatic carbocycles. The van der Waals surface area contributed by atoms with E-state index >= 15 is 0 Å². The van der Waals surface area contributed by atoms with Gasteiger partial charge in [0.05, 0.1) is 4.92 Å². The van der Waals surface area contributed by atoms with Crippen molar-refractivity contribution < 1.29 is 4.92 Å². The van der Waals surface area contributed by atoms with Gasteiger partial charge in [0.15, 0.2) is 0 Å². The van der Waals surface area contributed by atoms with E-state index in [1.165, 1.54) is 12.0 Å². The Morgan fingerprint density at radius 3 is 2.60 bits per heavy atom. The summed E-state index contributed by atoms with van der Waals surface area (Å²) >= 11 is 0. The SMILES string of the molecule is O=[N+]([O-])c1ccc([C@]23CNCC2C3)cc1. The summed E-state index contributed by atoms with van der Waals surface area (Å²) in [6, 6.07) is 7.03. The Hall–Kier alpha value is -1.42. The number of hydrogen-bond acceptors (Lipinski definition) is 3. The topological polar surface area (TPSA) is 55.2 Å². The smallest absolute Gasteiger partial charge is 0.269 e. The van der Waals surface area contributed by atoms with Crippen molar-refractivity contribution in [3.63, 3.8) is 0 Å². The van der Waals surface area contributed by atoms with E-state index in [0.29, 0.717) is 5.41 Å². The fraction of sp³-hybridized carbons (Fsp3) is 0.455. The minimum Gasteiger partial charge on any atom is -0.316 e. The Balaban J connectivity index is 1.91. The predicted molar refractivity (Wildman–Crippen MR) is 55.8 cm³/mol. The Labute approximate surface area is 87.4 Å². The number of nitrogens with zero attached hydrogens (tertiary/aromatic N) is 1. The number of hydrogen-bond donors (Lipinski definition) is 1. The highest BCUT2D eigenvalue weighted by Crippen LogP contribution is 2.56. The molecule has 0 aromatic heterocycles. The van der Waals surface area contributed by atoms with Crippen LogP contribution in [0.25, 0.3) is 0 Å². The number of nitro benzene ring substituents is 1. The summed E-state index contributed by atoms with van der Waals surface area (Å²) in [4.78, 5) is 10.2. The van der Waals surface area contributed by atoms with Gasteiger partial charge in [-0.15, -0.1) is 0 Å². The van der Waals surface area contributed by atoms with Gasteiger partial charge in [0.2, 0.25) is 0 Å². The monoisotopic (exact) mass is 204 g/mol. The van der Waals surface area contributed by atoms with Gasteiger partial charge in [-0.1, -0.05) is 12.1 Å². The van der Waals surface area contributed by atoms with Gasteiger partial charge in [0, 0.05) is 24.1 Å². The molecule has 1 saturated heterocycles. The van der Waals surface area contributed by atoms with Gasteiger partial charge in [0.1, 0.15) is 0 Å². The maximum Gasteiger partial charge on any atom is 0.269 e. The molecule has 1 unspecified atom stereocenters. The quantitative estimate of drug-likeness (QED) is 0.586. The number of fused-ring (bicyclic) bond motifs is 1. The van der Waals surface area contributed by atoms with E-state index in [-0.39, 0.29) is 10.6 Å². The van der Waals surface area contributed by atoms with Crippen LogP contribution in [0.4, 0.5) is 5.69 Å². The van der Waals surface area contributed by atoms with Crippen LogP contribution in [-0.4, -0.2) is 18.0 Å². The van der Waals surface area contributed by atoms with Crippen LogP contribution in [0.5, 0.6) is 0 Å². The van der Waals surface area contributed by atoms with Crippen LogP contribution in [0.2, 0.25) is 0 Å². The normalized spacial score (nSPS) is 32.4. The van der Waals surface area contributed by atoms with Gasteiger partial charge < -0.3 is 5.32 Å². The van der Waals surface area contributed by atoms with Crippen molar-refractivity contribution in [2.45, 2.75) is 11.8 Å².